The van der Waals surface area contributed by atoms with Crippen LogP contribution in [0, 0.1) is 6.92 Å². The van der Waals surface area contributed by atoms with E-state index in [2.05, 4.69) is 54.2 Å². The number of aryl methyl sites for hydroxylation is 1. The molecule has 144 valence electrons. The van der Waals surface area contributed by atoms with Crippen molar-refractivity contribution in [3.8, 4) is 0 Å². The van der Waals surface area contributed by atoms with E-state index in [-0.39, 0.29) is 5.91 Å². The van der Waals surface area contributed by atoms with E-state index in [9.17, 15) is 4.79 Å². The van der Waals surface area contributed by atoms with Crippen molar-refractivity contribution in [2.45, 2.75) is 20.8 Å². The lowest BCUT2D eigenvalue weighted by molar-refractivity contribution is 0.0299. The van der Waals surface area contributed by atoms with Crippen LogP contribution in [0.25, 0.3) is 0 Å². The molecule has 27 heavy (non-hydrogen) atoms. The van der Waals surface area contributed by atoms with Gasteiger partial charge in [-0.1, -0.05) is 0 Å². The first-order chi connectivity index (χ1) is 13.1. The average molecular weight is 368 g/mol. The number of carbonyl (C=O) groups excluding carboxylic acids is 1. The van der Waals surface area contributed by atoms with Gasteiger partial charge < -0.3 is 19.9 Å². The number of amides is 1. The second-order valence-corrected chi connectivity index (χ2v) is 6.63. The van der Waals surface area contributed by atoms with Crippen LogP contribution in [0.5, 0.6) is 0 Å². The lowest BCUT2D eigenvalue weighted by atomic mass is 10.1. The van der Waals surface area contributed by atoms with Gasteiger partial charge in [0, 0.05) is 37.6 Å². The molecule has 1 N–H and O–H groups in total. The van der Waals surface area contributed by atoms with E-state index in [1.54, 1.807) is 17.2 Å². The summed E-state index contributed by atoms with van der Waals surface area (Å²) in [5.74, 6) is -0.0374. The van der Waals surface area contributed by atoms with E-state index < -0.39 is 0 Å². The normalized spacial score (nSPS) is 14.1. The number of benzene rings is 1. The molecule has 1 aliphatic rings. The summed E-state index contributed by atoms with van der Waals surface area (Å²) in [6.07, 6.45) is 1.71. The van der Waals surface area contributed by atoms with Crippen LogP contribution < -0.4 is 10.2 Å². The van der Waals surface area contributed by atoms with E-state index >= 15 is 0 Å². The van der Waals surface area contributed by atoms with Crippen LogP contribution in [-0.4, -0.2) is 55.2 Å². The molecular formula is C21H28N4O2. The molecule has 6 heteroatoms. The molecule has 1 amide bonds. The smallest absolute Gasteiger partial charge is 0.272 e. The molecule has 0 unspecified atom stereocenters. The van der Waals surface area contributed by atoms with Gasteiger partial charge in [-0.15, -0.1) is 0 Å². The third-order valence-corrected chi connectivity index (χ3v) is 4.90. The molecular weight excluding hydrogens is 340 g/mol. The summed E-state index contributed by atoms with van der Waals surface area (Å²) < 4.78 is 5.29. The minimum absolute atomic E-state index is 0.0374. The van der Waals surface area contributed by atoms with E-state index in [1.807, 2.05) is 6.07 Å². The first-order valence-electron chi connectivity index (χ1n) is 9.58. The van der Waals surface area contributed by atoms with Crippen LogP contribution in [0.1, 0.15) is 29.9 Å². The molecule has 0 aliphatic carbocycles. The van der Waals surface area contributed by atoms with Gasteiger partial charge in [0.25, 0.3) is 5.91 Å². The van der Waals surface area contributed by atoms with Crippen molar-refractivity contribution >= 4 is 23.0 Å². The second kappa shape index (κ2) is 8.86. The highest BCUT2D eigenvalue weighted by Gasteiger charge is 2.19. The van der Waals surface area contributed by atoms with Crippen molar-refractivity contribution in [3.05, 3.63) is 47.8 Å². The topological polar surface area (TPSA) is 57.7 Å². The van der Waals surface area contributed by atoms with Gasteiger partial charge in [-0.25, -0.2) is 4.98 Å². The Bertz CT molecular complexity index is 766. The van der Waals surface area contributed by atoms with Crippen LogP contribution in [0.2, 0.25) is 0 Å². The van der Waals surface area contributed by atoms with Crippen LogP contribution in [0.4, 0.5) is 17.1 Å². The molecule has 0 bridgehead atoms. The highest BCUT2D eigenvalue weighted by molar-refractivity contribution is 5.92. The summed E-state index contributed by atoms with van der Waals surface area (Å²) in [7, 11) is 0. The molecule has 1 aromatic carbocycles. The Hall–Kier alpha value is -2.60. The summed E-state index contributed by atoms with van der Waals surface area (Å²) in [6.45, 7) is 10.8. The predicted molar refractivity (Wildman–Crippen MR) is 109 cm³/mol. The lowest BCUT2D eigenvalue weighted by Gasteiger charge is -2.26. The van der Waals surface area contributed by atoms with E-state index in [0.29, 0.717) is 32.0 Å². The average Bonchev–Trinajstić information content (AvgIpc) is 2.71. The molecule has 0 spiro atoms. The molecule has 0 atom stereocenters. The van der Waals surface area contributed by atoms with E-state index in [1.165, 1.54) is 11.3 Å². The number of hydrogen-bond donors (Lipinski definition) is 1. The summed E-state index contributed by atoms with van der Waals surface area (Å²) in [4.78, 5) is 20.9. The minimum atomic E-state index is -0.0374. The number of ether oxygens (including phenoxy) is 1. The monoisotopic (exact) mass is 368 g/mol. The van der Waals surface area contributed by atoms with Gasteiger partial charge in [-0.2, -0.15) is 0 Å². The zero-order valence-corrected chi connectivity index (χ0v) is 16.4. The van der Waals surface area contributed by atoms with Gasteiger partial charge in [0.1, 0.15) is 5.69 Å². The van der Waals surface area contributed by atoms with Crippen LogP contribution in [0.15, 0.2) is 36.5 Å². The lowest BCUT2D eigenvalue weighted by Crippen LogP contribution is -2.41. The second-order valence-electron chi connectivity index (χ2n) is 6.63. The Kier molecular flexibility index (Phi) is 6.29. The molecule has 2 heterocycles. The fraction of sp³-hybridized carbons (Fsp3) is 0.429. The Morgan fingerprint density at radius 2 is 1.93 bits per heavy atom. The summed E-state index contributed by atoms with van der Waals surface area (Å²) in [5, 5.41) is 3.39. The fourth-order valence-corrected chi connectivity index (χ4v) is 3.25. The maximum absolute atomic E-state index is 12.5. The third-order valence-electron chi connectivity index (χ3n) is 4.90. The highest BCUT2D eigenvalue weighted by atomic mass is 16.5. The number of pyridine rings is 1. The Morgan fingerprint density at radius 3 is 2.52 bits per heavy atom. The van der Waals surface area contributed by atoms with Gasteiger partial charge in [0.05, 0.1) is 25.1 Å². The molecule has 3 rings (SSSR count). The SMILES string of the molecule is CCN(CC)c1ccc(Nc2ccc(C(=O)N3CCOCC3)nc2)c(C)c1. The molecule has 1 saturated heterocycles. The Balaban J connectivity index is 1.68. The molecule has 1 fully saturated rings. The molecule has 2 aromatic rings. The Labute approximate surface area is 161 Å². The Morgan fingerprint density at radius 1 is 1.19 bits per heavy atom. The fourth-order valence-electron chi connectivity index (χ4n) is 3.25. The molecule has 1 aliphatic heterocycles. The third kappa shape index (κ3) is 4.57. The number of morpholine rings is 1. The van der Waals surface area contributed by atoms with Gasteiger partial charge >= 0.3 is 0 Å². The maximum Gasteiger partial charge on any atom is 0.272 e. The van der Waals surface area contributed by atoms with Crippen molar-refractivity contribution in [2.75, 3.05) is 49.6 Å². The highest BCUT2D eigenvalue weighted by Crippen LogP contribution is 2.25. The minimum Gasteiger partial charge on any atom is -0.378 e. The number of carbonyl (C=O) groups is 1. The zero-order valence-electron chi connectivity index (χ0n) is 16.4. The number of nitrogens with one attached hydrogen (secondary N) is 1. The molecule has 6 nitrogen and oxygen atoms in total. The number of nitrogens with zero attached hydrogens (tertiary/aromatic N) is 3. The maximum atomic E-state index is 12.5. The standard InChI is InChI=1S/C21H28N4O2/c1-4-24(5-2)18-7-9-19(16(3)14-18)23-17-6-8-20(22-15-17)21(26)25-10-12-27-13-11-25/h6-9,14-15,23H,4-5,10-13H2,1-3H3. The zero-order chi connectivity index (χ0) is 19.2. The van der Waals surface area contributed by atoms with Crippen molar-refractivity contribution in [1.82, 2.24) is 9.88 Å². The van der Waals surface area contributed by atoms with Crippen molar-refractivity contribution in [1.29, 1.82) is 0 Å². The van der Waals surface area contributed by atoms with Gasteiger partial charge in [0.2, 0.25) is 0 Å². The van der Waals surface area contributed by atoms with E-state index in [4.69, 9.17) is 4.74 Å². The summed E-state index contributed by atoms with van der Waals surface area (Å²) in [5.41, 5.74) is 4.78. The van der Waals surface area contributed by atoms with Gasteiger partial charge in [-0.3, -0.25) is 4.79 Å². The van der Waals surface area contributed by atoms with Crippen molar-refractivity contribution in [3.63, 3.8) is 0 Å². The van der Waals surface area contributed by atoms with Crippen LogP contribution in [-0.2, 0) is 4.74 Å². The first-order valence-corrected chi connectivity index (χ1v) is 9.58. The summed E-state index contributed by atoms with van der Waals surface area (Å²) >= 11 is 0. The van der Waals surface area contributed by atoms with E-state index in [0.717, 1.165) is 24.5 Å². The predicted octanol–water partition coefficient (Wildman–Crippen LogP) is 3.45. The summed E-state index contributed by atoms with van der Waals surface area (Å²) in [6, 6.07) is 10.1. The molecule has 0 saturated carbocycles. The first kappa shape index (κ1) is 19.2. The van der Waals surface area contributed by atoms with Gasteiger partial charge in [0.15, 0.2) is 0 Å². The largest absolute Gasteiger partial charge is 0.378 e. The van der Waals surface area contributed by atoms with Crippen molar-refractivity contribution < 1.29 is 9.53 Å². The van der Waals surface area contributed by atoms with Gasteiger partial charge in [-0.05, 0) is 56.7 Å². The quantitative estimate of drug-likeness (QED) is 0.846. The molecule has 1 aromatic heterocycles. The molecule has 0 radical (unpaired) electrons. The number of rotatable bonds is 6. The van der Waals surface area contributed by atoms with Crippen LogP contribution in [0.3, 0.4) is 0 Å². The van der Waals surface area contributed by atoms with Crippen molar-refractivity contribution in [2.24, 2.45) is 0 Å². The number of aromatic nitrogens is 1. The number of hydrogen-bond acceptors (Lipinski definition) is 5. The van der Waals surface area contributed by atoms with Crippen LogP contribution >= 0.6 is 0 Å². The number of anilines is 3.